The van der Waals surface area contributed by atoms with Crippen molar-refractivity contribution < 1.29 is 11.0 Å². The molecule has 0 saturated carbocycles. The van der Waals surface area contributed by atoms with Gasteiger partial charge in [-0.1, -0.05) is 13.8 Å². The first-order valence-electron chi connectivity index (χ1n) is 7.04. The van der Waals surface area contributed by atoms with Gasteiger partial charge >= 0.3 is 0 Å². The first-order valence-corrected chi connectivity index (χ1v) is 7.04. The fourth-order valence-corrected chi connectivity index (χ4v) is 1.86. The van der Waals surface area contributed by atoms with Crippen molar-refractivity contribution in [2.45, 2.75) is 20.3 Å². The Balaban J connectivity index is 0.00000128. The number of H-pyrrole nitrogens is 1. The summed E-state index contributed by atoms with van der Waals surface area (Å²) < 4.78 is 5.68. The lowest BCUT2D eigenvalue weighted by Gasteiger charge is -2.10. The van der Waals surface area contributed by atoms with E-state index in [1.54, 1.807) is 0 Å². The van der Waals surface area contributed by atoms with Gasteiger partial charge in [-0.2, -0.15) is 0 Å². The van der Waals surface area contributed by atoms with Gasteiger partial charge in [-0.25, -0.2) is 0 Å². The van der Waals surface area contributed by atoms with E-state index in [0.29, 0.717) is 12.3 Å². The zero-order chi connectivity index (χ0) is 15.0. The number of carbonyl (C=O) groups excluding carboxylic acids is 1. The maximum atomic E-state index is 10.7. The Bertz CT molecular complexity index is 538. The number of carbonyl (C=O) groups is 1. The first kappa shape index (κ1) is 16.2. The Morgan fingerprint density at radius 3 is 2.70 bits per heavy atom. The molecule has 0 aliphatic carbocycles. The van der Waals surface area contributed by atoms with Gasteiger partial charge in [-0.15, -0.1) is 0 Å². The lowest BCUT2D eigenvalue weighted by atomic mass is 10.2. The van der Waals surface area contributed by atoms with Crippen molar-refractivity contribution in [3.8, 4) is 5.75 Å². The Labute approximate surface area is 122 Å². The van der Waals surface area contributed by atoms with Crippen LogP contribution in [-0.4, -0.2) is 43.4 Å². The number of hydrogen-bond acceptors (Lipinski definition) is 3. The van der Waals surface area contributed by atoms with E-state index in [-0.39, 0.29) is 1.43 Å². The maximum Gasteiger partial charge on any atom is 0.166 e. The van der Waals surface area contributed by atoms with Crippen LogP contribution >= 0.6 is 0 Å². The van der Waals surface area contributed by atoms with Gasteiger partial charge in [0.1, 0.15) is 5.75 Å². The number of rotatable bonds is 6. The molecule has 2 aromatic rings. The summed E-state index contributed by atoms with van der Waals surface area (Å²) >= 11 is 0. The van der Waals surface area contributed by atoms with Gasteiger partial charge in [0.2, 0.25) is 0 Å². The predicted octanol–water partition coefficient (Wildman–Crippen LogP) is 3.58. The van der Waals surface area contributed by atoms with Crippen LogP contribution in [0.25, 0.3) is 10.9 Å². The zero-order valence-corrected chi connectivity index (χ0v) is 12.8. The van der Waals surface area contributed by atoms with Gasteiger partial charge in [-0.05, 0) is 44.8 Å². The highest BCUT2D eigenvalue weighted by molar-refractivity contribution is 5.88. The smallest absolute Gasteiger partial charge is 0.166 e. The van der Waals surface area contributed by atoms with Crippen LogP contribution in [0.5, 0.6) is 5.75 Å². The molecule has 4 heteroatoms. The Morgan fingerprint density at radius 1 is 1.30 bits per heavy atom. The molecule has 0 radical (unpaired) electrons. The fourth-order valence-electron chi connectivity index (χ4n) is 1.86. The standard InChI is InChI=1S/C14H18N2O2.C2H6.H2/c1-16(2)6-3-7-18-13-4-5-14-11(9-13)8-12(10-17)15-14;1-2;/h4-5,8-10,15H,3,6-7H2,1-2H3;1-2H3;1H. The third-order valence-corrected chi connectivity index (χ3v) is 2.76. The van der Waals surface area contributed by atoms with Gasteiger partial charge < -0.3 is 14.6 Å². The van der Waals surface area contributed by atoms with Crippen LogP contribution in [0.2, 0.25) is 0 Å². The second-order valence-corrected chi connectivity index (χ2v) is 4.60. The van der Waals surface area contributed by atoms with Crippen molar-refractivity contribution in [2.24, 2.45) is 0 Å². The van der Waals surface area contributed by atoms with Crippen LogP contribution in [0.1, 0.15) is 32.2 Å². The molecule has 0 saturated heterocycles. The maximum absolute atomic E-state index is 10.7. The number of nitrogens with one attached hydrogen (secondary N) is 1. The van der Waals surface area contributed by atoms with E-state index in [9.17, 15) is 4.79 Å². The summed E-state index contributed by atoms with van der Waals surface area (Å²) in [5.74, 6) is 0.845. The molecule has 0 spiro atoms. The SMILES string of the molecule is CC.CN(C)CCCOc1ccc2[nH]c(C=O)cc2c1.[HH]. The number of ether oxygens (including phenoxy) is 1. The summed E-state index contributed by atoms with van der Waals surface area (Å²) in [5.41, 5.74) is 1.55. The highest BCUT2D eigenvalue weighted by Crippen LogP contribution is 2.21. The molecule has 0 bridgehead atoms. The van der Waals surface area contributed by atoms with Crippen LogP contribution in [0.15, 0.2) is 24.3 Å². The Hall–Kier alpha value is -1.81. The van der Waals surface area contributed by atoms with Crippen molar-refractivity contribution in [1.29, 1.82) is 0 Å². The number of aromatic amines is 1. The quantitative estimate of drug-likeness (QED) is 0.649. The van der Waals surface area contributed by atoms with Crippen LogP contribution in [0.4, 0.5) is 0 Å². The van der Waals surface area contributed by atoms with Crippen LogP contribution in [0.3, 0.4) is 0 Å². The molecule has 20 heavy (non-hydrogen) atoms. The molecule has 0 amide bonds. The summed E-state index contributed by atoms with van der Waals surface area (Å²) in [5, 5.41) is 1.00. The summed E-state index contributed by atoms with van der Waals surface area (Å²) in [7, 11) is 4.10. The van der Waals surface area contributed by atoms with Gasteiger partial charge in [0, 0.05) is 18.9 Å². The minimum Gasteiger partial charge on any atom is -0.494 e. The topological polar surface area (TPSA) is 45.3 Å². The third kappa shape index (κ3) is 4.70. The number of hydrogen-bond donors (Lipinski definition) is 1. The van der Waals surface area contributed by atoms with Crippen molar-refractivity contribution in [3.05, 3.63) is 30.0 Å². The first-order chi connectivity index (χ1) is 9.69. The predicted molar refractivity (Wildman–Crippen MR) is 85.8 cm³/mol. The number of nitrogens with zero attached hydrogens (tertiary/aromatic N) is 1. The number of aldehydes is 1. The second kappa shape index (κ2) is 8.38. The van der Waals surface area contributed by atoms with Crippen LogP contribution < -0.4 is 4.74 Å². The van der Waals surface area contributed by atoms with Crippen molar-refractivity contribution in [3.63, 3.8) is 0 Å². The normalized spacial score (nSPS) is 10.2. The van der Waals surface area contributed by atoms with E-state index in [4.69, 9.17) is 4.74 Å². The number of aromatic nitrogens is 1. The second-order valence-electron chi connectivity index (χ2n) is 4.60. The van der Waals surface area contributed by atoms with E-state index < -0.39 is 0 Å². The molecule has 1 heterocycles. The number of fused-ring (bicyclic) bond motifs is 1. The highest BCUT2D eigenvalue weighted by atomic mass is 16.5. The van der Waals surface area contributed by atoms with Crippen LogP contribution in [-0.2, 0) is 0 Å². The summed E-state index contributed by atoms with van der Waals surface area (Å²) in [6.45, 7) is 5.72. The molecule has 0 fully saturated rings. The average molecular weight is 278 g/mol. The van der Waals surface area contributed by atoms with Crippen molar-refractivity contribution >= 4 is 17.2 Å². The average Bonchev–Trinajstić information content (AvgIpc) is 2.88. The lowest BCUT2D eigenvalue weighted by Crippen LogP contribution is -2.15. The molecule has 1 aromatic heterocycles. The third-order valence-electron chi connectivity index (χ3n) is 2.76. The molecule has 0 aliphatic rings. The Morgan fingerprint density at radius 2 is 2.05 bits per heavy atom. The molecular weight excluding hydrogens is 252 g/mol. The molecule has 0 aliphatic heterocycles. The minimum absolute atomic E-state index is 0. The zero-order valence-electron chi connectivity index (χ0n) is 12.8. The molecular formula is C16H26N2O2. The van der Waals surface area contributed by atoms with Crippen LogP contribution in [0, 0.1) is 0 Å². The highest BCUT2D eigenvalue weighted by Gasteiger charge is 2.02. The number of benzene rings is 1. The molecule has 4 nitrogen and oxygen atoms in total. The molecule has 0 atom stereocenters. The molecule has 1 aromatic carbocycles. The summed E-state index contributed by atoms with van der Waals surface area (Å²) in [6, 6.07) is 7.64. The van der Waals surface area contributed by atoms with Crippen molar-refractivity contribution in [1.82, 2.24) is 9.88 Å². The van der Waals surface area contributed by atoms with Gasteiger partial charge in [0.05, 0.1) is 12.3 Å². The largest absolute Gasteiger partial charge is 0.494 e. The van der Waals surface area contributed by atoms with E-state index in [0.717, 1.165) is 35.9 Å². The Kier molecular flexibility index (Phi) is 6.81. The monoisotopic (exact) mass is 278 g/mol. The van der Waals surface area contributed by atoms with Gasteiger partial charge in [0.15, 0.2) is 6.29 Å². The lowest BCUT2D eigenvalue weighted by molar-refractivity contribution is 0.112. The molecule has 0 unspecified atom stereocenters. The molecule has 1 N–H and O–H groups in total. The van der Waals surface area contributed by atoms with E-state index in [2.05, 4.69) is 9.88 Å². The summed E-state index contributed by atoms with van der Waals surface area (Å²) in [4.78, 5) is 15.8. The van der Waals surface area contributed by atoms with E-state index >= 15 is 0 Å². The fraction of sp³-hybridized carbons (Fsp3) is 0.438. The molecule has 112 valence electrons. The summed E-state index contributed by atoms with van der Waals surface area (Å²) in [6.07, 6.45) is 1.81. The minimum atomic E-state index is 0. The van der Waals surface area contributed by atoms with E-state index in [1.165, 1.54) is 0 Å². The van der Waals surface area contributed by atoms with Gasteiger partial charge in [-0.3, -0.25) is 4.79 Å². The van der Waals surface area contributed by atoms with Crippen molar-refractivity contribution in [2.75, 3.05) is 27.2 Å². The molecule has 2 rings (SSSR count). The van der Waals surface area contributed by atoms with Gasteiger partial charge in [0.25, 0.3) is 0 Å². The van der Waals surface area contributed by atoms with E-state index in [1.807, 2.05) is 52.2 Å².